The topological polar surface area (TPSA) is 61.9 Å². The molecule has 0 bridgehead atoms. The van der Waals surface area contributed by atoms with Gasteiger partial charge in [-0.3, -0.25) is 0 Å². The zero-order valence-corrected chi connectivity index (χ0v) is 11.9. The molecule has 0 spiro atoms. The molecule has 1 saturated carbocycles. The lowest BCUT2D eigenvalue weighted by Crippen LogP contribution is -2.42. The average Bonchev–Trinajstić information content (AvgIpc) is 3.22. The van der Waals surface area contributed by atoms with Gasteiger partial charge in [0.25, 0.3) is 0 Å². The van der Waals surface area contributed by atoms with E-state index in [-0.39, 0.29) is 6.04 Å². The average molecular weight is 259 g/mol. The van der Waals surface area contributed by atoms with E-state index in [9.17, 15) is 0 Å². The van der Waals surface area contributed by atoms with Crippen molar-refractivity contribution in [3.05, 3.63) is 35.6 Å². The Bertz CT molecular complexity index is 416. The highest BCUT2D eigenvalue weighted by atomic mass is 14.9. The van der Waals surface area contributed by atoms with Gasteiger partial charge < -0.3 is 16.5 Å². The Balaban J connectivity index is 2.14. The van der Waals surface area contributed by atoms with Crippen molar-refractivity contribution in [3.63, 3.8) is 0 Å². The van der Waals surface area contributed by atoms with Crippen LogP contribution in [0.25, 0.3) is 0 Å². The molecule has 0 radical (unpaired) electrons. The van der Waals surface area contributed by atoms with E-state index in [0.717, 1.165) is 18.0 Å². The fraction of sp³-hybridized carbons (Fsp3) is 0.562. The van der Waals surface area contributed by atoms with Crippen molar-refractivity contribution in [2.24, 2.45) is 23.5 Å². The molecule has 3 unspecified atom stereocenters. The van der Waals surface area contributed by atoms with Gasteiger partial charge in [0.05, 0.1) is 0 Å². The lowest BCUT2D eigenvalue weighted by molar-refractivity contribution is 0.386. The molecule has 4 N–H and O–H groups in total. The number of hydrogen-bond donors (Lipinski definition) is 3. The van der Waals surface area contributed by atoms with Gasteiger partial charge in [-0.1, -0.05) is 30.7 Å². The molecule has 2 aliphatic carbocycles. The first kappa shape index (κ1) is 14.1. The highest BCUT2D eigenvalue weighted by Crippen LogP contribution is 2.31. The Morgan fingerprint density at radius 2 is 2.32 bits per heavy atom. The highest BCUT2D eigenvalue weighted by Gasteiger charge is 2.30. The molecule has 0 aromatic carbocycles. The number of nitrogens with one attached hydrogen (secondary N) is 2. The second-order valence-corrected chi connectivity index (χ2v) is 5.85. The Labute approximate surface area is 116 Å². The Morgan fingerprint density at radius 3 is 2.89 bits per heavy atom. The number of nitrogens with two attached hydrogens (primary N) is 1. The molecule has 0 aliphatic heterocycles. The van der Waals surface area contributed by atoms with E-state index in [1.165, 1.54) is 24.6 Å². The molecular weight excluding hydrogens is 234 g/mol. The highest BCUT2D eigenvalue weighted by molar-refractivity contribution is 5.77. The summed E-state index contributed by atoms with van der Waals surface area (Å²) in [5.74, 6) is 1.67. The molecule has 2 rings (SSSR count). The van der Waals surface area contributed by atoms with Crippen LogP contribution >= 0.6 is 0 Å². The second kappa shape index (κ2) is 6.20. The van der Waals surface area contributed by atoms with E-state index in [1.54, 1.807) is 6.20 Å². The van der Waals surface area contributed by atoms with E-state index < -0.39 is 0 Å². The van der Waals surface area contributed by atoms with Crippen molar-refractivity contribution in [1.29, 1.82) is 5.41 Å². The first-order valence-electron chi connectivity index (χ1n) is 7.18. The summed E-state index contributed by atoms with van der Waals surface area (Å²) in [7, 11) is 0. The third-order valence-electron chi connectivity index (χ3n) is 4.15. The number of hydrogen-bond acceptors (Lipinski definition) is 3. The van der Waals surface area contributed by atoms with Crippen molar-refractivity contribution in [2.75, 3.05) is 6.54 Å². The lowest BCUT2D eigenvalue weighted by Gasteiger charge is -2.32. The number of rotatable bonds is 6. The summed E-state index contributed by atoms with van der Waals surface area (Å²) < 4.78 is 0. The van der Waals surface area contributed by atoms with Crippen LogP contribution in [0.4, 0.5) is 0 Å². The normalized spacial score (nSPS) is 28.9. The predicted octanol–water partition coefficient (Wildman–Crippen LogP) is 2.62. The summed E-state index contributed by atoms with van der Waals surface area (Å²) >= 11 is 0. The monoisotopic (exact) mass is 259 g/mol. The maximum absolute atomic E-state index is 7.57. The third kappa shape index (κ3) is 3.57. The predicted molar refractivity (Wildman–Crippen MR) is 81.1 cm³/mol. The fourth-order valence-corrected chi connectivity index (χ4v) is 2.68. The van der Waals surface area contributed by atoms with E-state index >= 15 is 0 Å². The zero-order chi connectivity index (χ0) is 13.8. The smallest absolute Gasteiger partial charge is 0.0418 e. The maximum Gasteiger partial charge on any atom is 0.0418 e. The molecule has 0 aromatic heterocycles. The minimum Gasteiger partial charge on any atom is -0.404 e. The van der Waals surface area contributed by atoms with Crippen LogP contribution in [-0.2, 0) is 0 Å². The molecule has 0 heterocycles. The molecule has 3 nitrogen and oxygen atoms in total. The van der Waals surface area contributed by atoms with Crippen molar-refractivity contribution in [3.8, 4) is 0 Å². The van der Waals surface area contributed by atoms with Crippen molar-refractivity contribution in [2.45, 2.75) is 32.7 Å². The molecule has 3 atom stereocenters. The summed E-state index contributed by atoms with van der Waals surface area (Å²) in [6.07, 6.45) is 12.4. The molecule has 2 aliphatic rings. The lowest BCUT2D eigenvalue weighted by atomic mass is 9.79. The van der Waals surface area contributed by atoms with Gasteiger partial charge in [-0.2, -0.15) is 0 Å². The van der Waals surface area contributed by atoms with E-state index in [1.807, 2.05) is 0 Å². The fourth-order valence-electron chi connectivity index (χ4n) is 2.68. The van der Waals surface area contributed by atoms with Crippen LogP contribution in [0, 0.1) is 23.2 Å². The summed E-state index contributed by atoms with van der Waals surface area (Å²) in [5, 5.41) is 11.2. The van der Waals surface area contributed by atoms with Crippen LogP contribution in [0.3, 0.4) is 0 Å². The SMILES string of the molecule is CC1=CC(C(NCC2CC2)/C(C=N)=C/N)C(C)C=C1. The van der Waals surface area contributed by atoms with Gasteiger partial charge in [0.1, 0.15) is 0 Å². The molecule has 1 fully saturated rings. The molecule has 104 valence electrons. The first-order chi connectivity index (χ1) is 9.15. The Morgan fingerprint density at radius 1 is 1.58 bits per heavy atom. The summed E-state index contributed by atoms with van der Waals surface area (Å²) in [6.45, 7) is 5.40. The van der Waals surface area contributed by atoms with E-state index in [2.05, 4.69) is 37.4 Å². The van der Waals surface area contributed by atoms with Gasteiger partial charge in [0.2, 0.25) is 0 Å². The van der Waals surface area contributed by atoms with Crippen LogP contribution in [0.5, 0.6) is 0 Å². The van der Waals surface area contributed by atoms with Crippen LogP contribution in [0.1, 0.15) is 26.7 Å². The van der Waals surface area contributed by atoms with Crippen LogP contribution in [0.15, 0.2) is 35.6 Å². The molecule has 0 aromatic rings. The van der Waals surface area contributed by atoms with Gasteiger partial charge in [0.15, 0.2) is 0 Å². The Hall–Kier alpha value is -1.35. The zero-order valence-electron chi connectivity index (χ0n) is 11.9. The minimum absolute atomic E-state index is 0.151. The van der Waals surface area contributed by atoms with Gasteiger partial charge in [0, 0.05) is 29.9 Å². The Kier molecular flexibility index (Phi) is 4.59. The van der Waals surface area contributed by atoms with Crippen LogP contribution in [0.2, 0.25) is 0 Å². The van der Waals surface area contributed by atoms with Gasteiger partial charge in [-0.15, -0.1) is 0 Å². The summed E-state index contributed by atoms with van der Waals surface area (Å²) in [6, 6.07) is 0.151. The second-order valence-electron chi connectivity index (χ2n) is 5.85. The number of allylic oxidation sites excluding steroid dienone is 3. The molecular formula is C16H25N3. The quantitative estimate of drug-likeness (QED) is 0.642. The van der Waals surface area contributed by atoms with Gasteiger partial charge in [-0.25, -0.2) is 0 Å². The van der Waals surface area contributed by atoms with Gasteiger partial charge >= 0.3 is 0 Å². The maximum atomic E-state index is 7.57. The molecule has 19 heavy (non-hydrogen) atoms. The molecule has 3 heteroatoms. The van der Waals surface area contributed by atoms with E-state index in [0.29, 0.717) is 11.8 Å². The molecule has 0 saturated heterocycles. The minimum atomic E-state index is 0.151. The third-order valence-corrected chi connectivity index (χ3v) is 4.15. The van der Waals surface area contributed by atoms with Crippen LogP contribution < -0.4 is 11.1 Å². The largest absolute Gasteiger partial charge is 0.404 e. The van der Waals surface area contributed by atoms with E-state index in [4.69, 9.17) is 11.1 Å². The van der Waals surface area contributed by atoms with Crippen molar-refractivity contribution in [1.82, 2.24) is 5.32 Å². The molecule has 0 amide bonds. The summed E-state index contributed by atoms with van der Waals surface area (Å²) in [5.41, 5.74) is 7.88. The van der Waals surface area contributed by atoms with Crippen LogP contribution in [-0.4, -0.2) is 18.8 Å². The van der Waals surface area contributed by atoms with Crippen molar-refractivity contribution >= 4 is 6.21 Å². The van der Waals surface area contributed by atoms with Gasteiger partial charge in [-0.05, 0) is 38.1 Å². The standard InChI is InChI=1S/C16H25N3/c1-11-3-4-12(2)15(7-11)16(14(8-17)9-18)19-10-13-5-6-13/h3-4,7-9,12-13,15-17,19H,5-6,10,18H2,1-2H3/b14-9+,17-8?. The summed E-state index contributed by atoms with van der Waals surface area (Å²) in [4.78, 5) is 0. The van der Waals surface area contributed by atoms with Crippen molar-refractivity contribution < 1.29 is 0 Å². The first-order valence-corrected chi connectivity index (χ1v) is 7.18.